The fraction of sp³-hybridized carbons (Fsp3) is 0.360. The average Bonchev–Trinajstić information content (AvgIpc) is 3.44. The lowest BCUT2D eigenvalue weighted by Gasteiger charge is -2.25. The van der Waals surface area contributed by atoms with Gasteiger partial charge in [-0.05, 0) is 61.4 Å². The van der Waals surface area contributed by atoms with Crippen LogP contribution in [0.1, 0.15) is 12.8 Å². The summed E-state index contributed by atoms with van der Waals surface area (Å²) in [4.78, 5) is 23.8. The number of carbonyl (C=O) groups is 2. The van der Waals surface area contributed by atoms with Crippen molar-refractivity contribution in [2.45, 2.75) is 25.2 Å². The number of methoxy groups -OCH3 is 2. The Bertz CT molecular complexity index is 997. The molecule has 2 amide bonds. The van der Waals surface area contributed by atoms with E-state index in [-0.39, 0.29) is 12.9 Å². The van der Waals surface area contributed by atoms with E-state index in [1.54, 1.807) is 62.8 Å². The minimum Gasteiger partial charge on any atom is -0.497 e. The smallest absolute Gasteiger partial charge is 0.463 e. The van der Waals surface area contributed by atoms with Crippen LogP contribution in [-0.4, -0.2) is 64.4 Å². The van der Waals surface area contributed by atoms with Crippen LogP contribution in [0.5, 0.6) is 23.0 Å². The molecule has 2 aromatic carbocycles. The first-order valence-electron chi connectivity index (χ1n) is 11.5. The predicted molar refractivity (Wildman–Crippen MR) is 137 cm³/mol. The SMILES string of the molecule is CNC(=O)N(/C=C(/F)C=O)C1CCC(COP(Oc2ccc(OC)cc2)Oc2ccc(OC)cc2)O1.FCF. The number of urea groups is 1. The van der Waals surface area contributed by atoms with Crippen molar-refractivity contribution >= 4 is 20.9 Å². The van der Waals surface area contributed by atoms with Gasteiger partial charge in [0.25, 0.3) is 0 Å². The Morgan fingerprint density at radius 1 is 1.00 bits per heavy atom. The summed E-state index contributed by atoms with van der Waals surface area (Å²) in [6.07, 6.45) is 0.598. The van der Waals surface area contributed by atoms with E-state index in [9.17, 15) is 22.8 Å². The van der Waals surface area contributed by atoms with Crippen LogP contribution in [0.2, 0.25) is 0 Å². The molecule has 1 fully saturated rings. The van der Waals surface area contributed by atoms with Crippen LogP contribution < -0.4 is 23.8 Å². The third kappa shape index (κ3) is 10.6. The van der Waals surface area contributed by atoms with E-state index in [1.807, 2.05) is 0 Å². The molecule has 0 spiro atoms. The maximum absolute atomic E-state index is 13.5. The van der Waals surface area contributed by atoms with Crippen molar-refractivity contribution in [1.29, 1.82) is 0 Å². The van der Waals surface area contributed by atoms with Gasteiger partial charge in [-0.3, -0.25) is 14.2 Å². The molecule has 10 nitrogen and oxygen atoms in total. The van der Waals surface area contributed by atoms with Crippen molar-refractivity contribution in [3.05, 3.63) is 60.6 Å². The lowest BCUT2D eigenvalue weighted by Crippen LogP contribution is -2.42. The molecule has 2 aromatic rings. The zero-order valence-corrected chi connectivity index (χ0v) is 22.4. The number of aldehydes is 1. The summed E-state index contributed by atoms with van der Waals surface area (Å²) in [6, 6.07) is 13.3. The number of allylic oxidation sites excluding steroid dienone is 1. The summed E-state index contributed by atoms with van der Waals surface area (Å²) in [5.41, 5.74) is 0. The van der Waals surface area contributed by atoms with E-state index >= 15 is 0 Å². The highest BCUT2D eigenvalue weighted by Gasteiger charge is 2.33. The van der Waals surface area contributed by atoms with Gasteiger partial charge in [-0.1, -0.05) is 0 Å². The van der Waals surface area contributed by atoms with Crippen LogP contribution >= 0.6 is 8.60 Å². The van der Waals surface area contributed by atoms with Crippen LogP contribution in [0, 0.1) is 0 Å². The van der Waals surface area contributed by atoms with Gasteiger partial charge in [-0.25, -0.2) is 18.0 Å². The van der Waals surface area contributed by atoms with Gasteiger partial charge in [0.1, 0.15) is 29.2 Å². The van der Waals surface area contributed by atoms with E-state index in [4.69, 9.17) is 27.8 Å². The lowest BCUT2D eigenvalue weighted by molar-refractivity contribution is -0.106. The third-order valence-electron chi connectivity index (χ3n) is 5.06. The number of alkyl halides is 2. The maximum Gasteiger partial charge on any atom is 0.463 e. The van der Waals surface area contributed by atoms with Gasteiger partial charge in [0.2, 0.25) is 6.93 Å². The number of carbonyl (C=O) groups excluding carboxylic acids is 2. The first-order valence-corrected chi connectivity index (χ1v) is 12.6. The summed E-state index contributed by atoms with van der Waals surface area (Å²) in [6.45, 7) is -1.66. The number of hydrogen-bond acceptors (Lipinski definition) is 8. The summed E-state index contributed by atoms with van der Waals surface area (Å²) in [7, 11) is 2.65. The second-order valence-electron chi connectivity index (χ2n) is 7.54. The fourth-order valence-corrected chi connectivity index (χ4v) is 4.26. The maximum atomic E-state index is 13.5. The van der Waals surface area contributed by atoms with Crippen molar-refractivity contribution < 1.29 is 50.5 Å². The topological polar surface area (TPSA) is 105 Å². The fourth-order valence-electron chi connectivity index (χ4n) is 3.24. The molecule has 2 atom stereocenters. The average molecular weight is 574 g/mol. The van der Waals surface area contributed by atoms with Crippen LogP contribution in [0.25, 0.3) is 0 Å². The molecule has 0 aromatic heterocycles. The molecular weight excluding hydrogens is 544 g/mol. The monoisotopic (exact) mass is 574 g/mol. The highest BCUT2D eigenvalue weighted by molar-refractivity contribution is 7.42. The first-order chi connectivity index (χ1) is 18.9. The molecule has 3 rings (SSSR count). The number of nitrogens with zero attached hydrogens (tertiary/aromatic N) is 1. The summed E-state index contributed by atoms with van der Waals surface area (Å²) in [5.74, 6) is 1.29. The highest BCUT2D eigenvalue weighted by Crippen LogP contribution is 2.43. The minimum absolute atomic E-state index is 0.0196. The zero-order valence-electron chi connectivity index (χ0n) is 21.6. The van der Waals surface area contributed by atoms with Crippen LogP contribution in [0.3, 0.4) is 0 Å². The quantitative estimate of drug-likeness (QED) is 0.203. The van der Waals surface area contributed by atoms with Gasteiger partial charge in [-0.2, -0.15) is 0 Å². The van der Waals surface area contributed by atoms with Crippen molar-refractivity contribution in [2.75, 3.05) is 34.8 Å². The Hall–Kier alpha value is -3.54. The molecule has 0 radical (unpaired) electrons. The van der Waals surface area contributed by atoms with Crippen LogP contribution in [0.15, 0.2) is 60.6 Å². The molecule has 0 saturated carbocycles. The van der Waals surface area contributed by atoms with E-state index < -0.39 is 39.7 Å². The summed E-state index contributed by atoms with van der Waals surface area (Å²) in [5, 5.41) is 2.40. The number of rotatable bonds is 12. The van der Waals surface area contributed by atoms with E-state index in [0.717, 1.165) is 11.1 Å². The Balaban J connectivity index is 0.00000170. The number of hydrogen-bond donors (Lipinski definition) is 1. The van der Waals surface area contributed by atoms with Gasteiger partial charge in [0.05, 0.1) is 33.1 Å². The molecular formula is C25H30F3N2O8P. The Kier molecular flexibility index (Phi) is 13.9. The van der Waals surface area contributed by atoms with Gasteiger partial charge in [-0.15, -0.1) is 0 Å². The van der Waals surface area contributed by atoms with Crippen LogP contribution in [-0.2, 0) is 14.1 Å². The van der Waals surface area contributed by atoms with E-state index in [1.165, 1.54) is 7.05 Å². The molecule has 0 bridgehead atoms. The molecule has 1 saturated heterocycles. The van der Waals surface area contributed by atoms with Gasteiger partial charge >= 0.3 is 14.6 Å². The van der Waals surface area contributed by atoms with Crippen molar-refractivity contribution in [3.63, 3.8) is 0 Å². The first kappa shape index (κ1) is 31.7. The standard InChI is InChI=1S/C24H28FN2O8P.CH2F2/c1-26-24(29)27(14-17(25)15-28)23-13-12-22(33-23)16-32-36(34-20-8-4-18(30-2)5-9-20)35-21-10-6-19(31-3)7-11-21;2-1-3/h4-11,14-15,22-23H,12-13,16H2,1-3H3,(H,26,29);1H2/b17-14+;. The molecule has 1 aliphatic heterocycles. The molecule has 14 heteroatoms. The van der Waals surface area contributed by atoms with Crippen molar-refractivity contribution in [2.24, 2.45) is 0 Å². The van der Waals surface area contributed by atoms with Gasteiger partial charge < -0.3 is 28.6 Å². The second-order valence-corrected chi connectivity index (χ2v) is 8.61. The Morgan fingerprint density at radius 2 is 1.49 bits per heavy atom. The zero-order chi connectivity index (χ0) is 28.6. The largest absolute Gasteiger partial charge is 0.497 e. The van der Waals surface area contributed by atoms with Crippen molar-refractivity contribution in [3.8, 4) is 23.0 Å². The predicted octanol–water partition coefficient (Wildman–Crippen LogP) is 5.44. The third-order valence-corrected chi connectivity index (χ3v) is 6.14. The number of benzene rings is 2. The second kappa shape index (κ2) is 17.1. The molecule has 214 valence electrons. The number of amides is 2. The minimum atomic E-state index is -1.89. The molecule has 1 heterocycles. The van der Waals surface area contributed by atoms with E-state index in [2.05, 4.69) is 5.32 Å². The van der Waals surface area contributed by atoms with Crippen molar-refractivity contribution in [1.82, 2.24) is 10.2 Å². The molecule has 2 unspecified atom stereocenters. The molecule has 39 heavy (non-hydrogen) atoms. The Labute approximate surface area is 225 Å². The van der Waals surface area contributed by atoms with E-state index in [0.29, 0.717) is 35.8 Å². The normalized spacial score (nSPS) is 16.5. The molecule has 1 aliphatic rings. The van der Waals surface area contributed by atoms with Crippen LogP contribution in [0.4, 0.5) is 18.0 Å². The summed E-state index contributed by atoms with van der Waals surface area (Å²) >= 11 is 0. The number of nitrogens with one attached hydrogen (secondary N) is 1. The summed E-state index contributed by atoms with van der Waals surface area (Å²) < 4.78 is 66.8. The number of ether oxygens (including phenoxy) is 3. The lowest BCUT2D eigenvalue weighted by atomic mass is 10.2. The van der Waals surface area contributed by atoms with Gasteiger partial charge in [0, 0.05) is 7.05 Å². The highest BCUT2D eigenvalue weighted by atomic mass is 31.2. The molecule has 1 N–H and O–H groups in total. The Morgan fingerprint density at radius 3 is 1.92 bits per heavy atom. The van der Waals surface area contributed by atoms with Gasteiger partial charge in [0.15, 0.2) is 12.1 Å². The molecule has 0 aliphatic carbocycles. The number of halogens is 3.